The molecule has 1 aromatic carbocycles. The van der Waals surface area contributed by atoms with E-state index in [4.69, 9.17) is 0 Å². The van der Waals surface area contributed by atoms with E-state index in [-0.39, 0.29) is 5.82 Å². The van der Waals surface area contributed by atoms with Crippen molar-refractivity contribution in [3.63, 3.8) is 0 Å². The van der Waals surface area contributed by atoms with Crippen LogP contribution >= 0.6 is 0 Å². The van der Waals surface area contributed by atoms with Crippen molar-refractivity contribution in [2.75, 3.05) is 6.54 Å². The molecular formula is C21H26FN3. The quantitative estimate of drug-likeness (QED) is 0.477. The van der Waals surface area contributed by atoms with E-state index in [0.29, 0.717) is 12.1 Å². The van der Waals surface area contributed by atoms with Gasteiger partial charge in [0.05, 0.1) is 5.71 Å². The number of rotatable bonds is 10. The van der Waals surface area contributed by atoms with Crippen molar-refractivity contribution in [2.45, 2.75) is 26.7 Å². The van der Waals surface area contributed by atoms with Crippen LogP contribution in [-0.2, 0) is 6.42 Å². The Labute approximate surface area is 150 Å². The van der Waals surface area contributed by atoms with Gasteiger partial charge in [-0.3, -0.25) is 9.98 Å². The molecule has 25 heavy (non-hydrogen) atoms. The number of aryl methyl sites for hydroxylation is 2. The van der Waals surface area contributed by atoms with Crippen molar-refractivity contribution in [3.05, 3.63) is 84.1 Å². The van der Waals surface area contributed by atoms with Crippen LogP contribution in [-0.4, -0.2) is 19.0 Å². The van der Waals surface area contributed by atoms with Crippen LogP contribution in [0.25, 0.3) is 0 Å². The zero-order chi connectivity index (χ0) is 18.5. The lowest BCUT2D eigenvalue weighted by atomic mass is 10.0. The largest absolute Gasteiger partial charge is 0.368 e. The Morgan fingerprint density at radius 2 is 2.12 bits per heavy atom. The van der Waals surface area contributed by atoms with E-state index in [1.807, 2.05) is 31.2 Å². The highest BCUT2D eigenvalue weighted by Crippen LogP contribution is 2.13. The fourth-order valence-electron chi connectivity index (χ4n) is 2.18. The van der Waals surface area contributed by atoms with Crippen LogP contribution in [0.3, 0.4) is 0 Å². The Morgan fingerprint density at radius 3 is 2.76 bits per heavy atom. The van der Waals surface area contributed by atoms with Gasteiger partial charge in [0.15, 0.2) is 0 Å². The van der Waals surface area contributed by atoms with Gasteiger partial charge in [0.2, 0.25) is 0 Å². The molecule has 0 unspecified atom stereocenters. The molecule has 0 aliphatic rings. The Balaban J connectivity index is 2.96. The lowest BCUT2D eigenvalue weighted by molar-refractivity contribution is 0.616. The molecule has 0 fully saturated rings. The Morgan fingerprint density at radius 1 is 1.32 bits per heavy atom. The minimum atomic E-state index is -0.162. The fraction of sp³-hybridized carbons (Fsp3) is 0.238. The first-order valence-corrected chi connectivity index (χ1v) is 8.28. The molecule has 0 aliphatic heterocycles. The minimum absolute atomic E-state index is 0.162. The van der Waals surface area contributed by atoms with Crippen molar-refractivity contribution >= 4 is 12.4 Å². The summed E-state index contributed by atoms with van der Waals surface area (Å²) < 4.78 is 13.6. The van der Waals surface area contributed by atoms with Crippen LogP contribution in [0.1, 0.15) is 24.5 Å². The van der Waals surface area contributed by atoms with Gasteiger partial charge < -0.3 is 5.32 Å². The smallest absolute Gasteiger partial charge is 0.126 e. The third kappa shape index (κ3) is 7.57. The first-order valence-electron chi connectivity index (χ1n) is 8.28. The van der Waals surface area contributed by atoms with Gasteiger partial charge >= 0.3 is 0 Å². The number of aliphatic imine (C=N–C) groups is 2. The van der Waals surface area contributed by atoms with Crippen molar-refractivity contribution in [2.24, 2.45) is 9.98 Å². The van der Waals surface area contributed by atoms with Crippen molar-refractivity contribution < 1.29 is 4.39 Å². The average Bonchev–Trinajstić information content (AvgIpc) is 2.60. The number of allylic oxidation sites excluding steroid dienone is 4. The molecular weight excluding hydrogens is 313 g/mol. The molecule has 0 bridgehead atoms. The topological polar surface area (TPSA) is 36.8 Å². The summed E-state index contributed by atoms with van der Waals surface area (Å²) in [7, 11) is 0. The summed E-state index contributed by atoms with van der Waals surface area (Å²) in [6.07, 6.45) is 12.4. The average molecular weight is 339 g/mol. The molecule has 0 aromatic heterocycles. The van der Waals surface area contributed by atoms with Crippen LogP contribution in [0.2, 0.25) is 0 Å². The van der Waals surface area contributed by atoms with Gasteiger partial charge in [-0.2, -0.15) is 0 Å². The van der Waals surface area contributed by atoms with Gasteiger partial charge in [0.25, 0.3) is 0 Å². The molecule has 0 spiro atoms. The number of hydrogen-bond acceptors (Lipinski definition) is 3. The molecule has 1 rings (SSSR count). The van der Waals surface area contributed by atoms with Gasteiger partial charge in [0.1, 0.15) is 5.82 Å². The van der Waals surface area contributed by atoms with E-state index in [2.05, 4.69) is 34.7 Å². The van der Waals surface area contributed by atoms with Crippen LogP contribution in [0.5, 0.6) is 0 Å². The zero-order valence-corrected chi connectivity index (χ0v) is 15.0. The Hall–Kier alpha value is -2.75. The second kappa shape index (κ2) is 11.7. The highest BCUT2D eigenvalue weighted by Gasteiger charge is 2.02. The van der Waals surface area contributed by atoms with Crippen molar-refractivity contribution in [1.82, 2.24) is 5.32 Å². The Bertz CT molecular complexity index is 697. The number of benzene rings is 1. The number of halogens is 1. The summed E-state index contributed by atoms with van der Waals surface area (Å²) in [4.78, 5) is 8.25. The second-order valence-corrected chi connectivity index (χ2v) is 5.34. The highest BCUT2D eigenvalue weighted by atomic mass is 19.1. The SMILES string of the molecule is C=CN/C=C\C(=C/CCc1ccc(C)c(F)c1)C(/C=C\N=C)=NCC. The number of hydrogen-bond donors (Lipinski definition) is 1. The lowest BCUT2D eigenvalue weighted by Crippen LogP contribution is -2.01. The van der Waals surface area contributed by atoms with Crippen LogP contribution in [0.15, 0.2) is 77.2 Å². The van der Waals surface area contributed by atoms with Gasteiger partial charge in [-0.05, 0) is 74.5 Å². The summed E-state index contributed by atoms with van der Waals surface area (Å²) >= 11 is 0. The summed E-state index contributed by atoms with van der Waals surface area (Å²) in [5.74, 6) is -0.162. The molecule has 1 N–H and O–H groups in total. The summed E-state index contributed by atoms with van der Waals surface area (Å²) in [5.41, 5.74) is 3.43. The maximum absolute atomic E-state index is 13.6. The zero-order valence-electron chi connectivity index (χ0n) is 15.0. The van der Waals surface area contributed by atoms with E-state index in [1.54, 1.807) is 31.6 Å². The predicted octanol–water partition coefficient (Wildman–Crippen LogP) is 4.92. The third-order valence-corrected chi connectivity index (χ3v) is 3.47. The molecule has 0 amide bonds. The monoisotopic (exact) mass is 339 g/mol. The lowest BCUT2D eigenvalue weighted by Gasteiger charge is -2.05. The van der Waals surface area contributed by atoms with Crippen LogP contribution in [0, 0.1) is 12.7 Å². The third-order valence-electron chi connectivity index (χ3n) is 3.47. The Kier molecular flexibility index (Phi) is 9.53. The van der Waals surface area contributed by atoms with E-state index >= 15 is 0 Å². The molecule has 0 saturated heterocycles. The maximum atomic E-state index is 13.6. The number of nitrogens with one attached hydrogen (secondary N) is 1. The first-order chi connectivity index (χ1) is 12.1. The van der Waals surface area contributed by atoms with E-state index in [9.17, 15) is 4.39 Å². The molecule has 0 atom stereocenters. The number of nitrogens with zero attached hydrogens (tertiary/aromatic N) is 2. The molecule has 4 heteroatoms. The summed E-state index contributed by atoms with van der Waals surface area (Å²) in [6.45, 7) is 11.5. The molecule has 0 heterocycles. The molecule has 132 valence electrons. The van der Waals surface area contributed by atoms with E-state index in [0.717, 1.165) is 29.7 Å². The van der Waals surface area contributed by atoms with E-state index in [1.165, 1.54) is 0 Å². The molecule has 0 aliphatic carbocycles. The minimum Gasteiger partial charge on any atom is -0.368 e. The maximum Gasteiger partial charge on any atom is 0.126 e. The fourth-order valence-corrected chi connectivity index (χ4v) is 2.18. The van der Waals surface area contributed by atoms with Crippen molar-refractivity contribution in [3.8, 4) is 0 Å². The van der Waals surface area contributed by atoms with Crippen LogP contribution in [0.4, 0.5) is 4.39 Å². The molecule has 3 nitrogen and oxygen atoms in total. The molecule has 0 radical (unpaired) electrons. The van der Waals surface area contributed by atoms with Gasteiger partial charge in [-0.1, -0.05) is 24.8 Å². The highest BCUT2D eigenvalue weighted by molar-refractivity contribution is 6.10. The molecule has 0 saturated carbocycles. The first kappa shape index (κ1) is 20.3. The van der Waals surface area contributed by atoms with Crippen LogP contribution < -0.4 is 5.32 Å². The second-order valence-electron chi connectivity index (χ2n) is 5.34. The summed E-state index contributed by atoms with van der Waals surface area (Å²) in [6, 6.07) is 5.37. The normalized spacial score (nSPS) is 12.8. The molecule has 1 aromatic rings. The van der Waals surface area contributed by atoms with Gasteiger partial charge in [0, 0.05) is 18.9 Å². The predicted molar refractivity (Wildman–Crippen MR) is 107 cm³/mol. The van der Waals surface area contributed by atoms with Crippen molar-refractivity contribution in [1.29, 1.82) is 0 Å². The van der Waals surface area contributed by atoms with E-state index < -0.39 is 0 Å². The van der Waals surface area contributed by atoms with Gasteiger partial charge in [-0.25, -0.2) is 4.39 Å². The van der Waals surface area contributed by atoms with Gasteiger partial charge in [-0.15, -0.1) is 0 Å². The summed E-state index contributed by atoms with van der Waals surface area (Å²) in [5, 5.41) is 2.93. The standard InChI is InChI=1S/C21H26FN3/c1-5-24-15-12-19(21(25-6-2)13-14-23-4)9-7-8-18-11-10-17(3)20(22)16-18/h5,9-16,24H,1,4,6-8H2,2-3H3/b14-13-,15-12-,19-9+,25-21?.